The summed E-state index contributed by atoms with van der Waals surface area (Å²) in [7, 11) is 0. The minimum absolute atomic E-state index is 0.140. The number of carbonyl (C=O) groups excluding carboxylic acids is 2. The molecule has 2 unspecified atom stereocenters. The largest absolute Gasteiger partial charge is 0.352 e. The molecule has 6 heteroatoms. The third kappa shape index (κ3) is 4.20. The molecule has 1 fully saturated rings. The van der Waals surface area contributed by atoms with Crippen LogP contribution in [0.25, 0.3) is 0 Å². The van der Waals surface area contributed by atoms with E-state index in [1.54, 1.807) is 24.3 Å². The number of benzene rings is 2. The number of amides is 2. The molecule has 0 aliphatic heterocycles. The van der Waals surface area contributed by atoms with Gasteiger partial charge in [0.2, 0.25) is 11.8 Å². The van der Waals surface area contributed by atoms with Crippen molar-refractivity contribution in [1.29, 1.82) is 0 Å². The first-order valence-electron chi connectivity index (χ1n) is 7.61. The van der Waals surface area contributed by atoms with Gasteiger partial charge in [-0.2, -0.15) is 0 Å². The van der Waals surface area contributed by atoms with E-state index in [0.29, 0.717) is 18.7 Å². The molecule has 2 aromatic carbocycles. The second-order valence-corrected chi connectivity index (χ2v) is 6.70. The Morgan fingerprint density at radius 3 is 2.29 bits per heavy atom. The van der Waals surface area contributed by atoms with Gasteiger partial charge >= 0.3 is 0 Å². The van der Waals surface area contributed by atoms with E-state index in [1.807, 2.05) is 12.1 Å². The number of hydrogen-bond donors (Lipinski definition) is 2. The number of hydrogen-bond acceptors (Lipinski definition) is 2. The third-order valence-corrected chi connectivity index (χ3v) is 4.48. The third-order valence-electron chi connectivity index (χ3n) is 3.96. The number of carbonyl (C=O) groups is 2. The molecule has 0 heterocycles. The maximum absolute atomic E-state index is 12.8. The van der Waals surface area contributed by atoms with Gasteiger partial charge in [-0.1, -0.05) is 28.1 Å². The predicted molar refractivity (Wildman–Crippen MR) is 92.6 cm³/mol. The summed E-state index contributed by atoms with van der Waals surface area (Å²) in [5.41, 5.74) is 1.53. The first kappa shape index (κ1) is 16.6. The van der Waals surface area contributed by atoms with Crippen LogP contribution in [-0.4, -0.2) is 11.8 Å². The lowest BCUT2D eigenvalue weighted by Gasteiger charge is -2.06. The minimum Gasteiger partial charge on any atom is -0.352 e. The molecule has 2 atom stereocenters. The Morgan fingerprint density at radius 2 is 1.62 bits per heavy atom. The van der Waals surface area contributed by atoms with Crippen molar-refractivity contribution in [2.24, 2.45) is 11.8 Å². The van der Waals surface area contributed by atoms with Crippen LogP contribution >= 0.6 is 15.9 Å². The summed E-state index contributed by atoms with van der Waals surface area (Å²) < 4.78 is 13.8. The van der Waals surface area contributed by atoms with Gasteiger partial charge in [0.1, 0.15) is 5.82 Å². The van der Waals surface area contributed by atoms with Crippen molar-refractivity contribution in [3.05, 3.63) is 64.4 Å². The van der Waals surface area contributed by atoms with Crippen LogP contribution < -0.4 is 10.6 Å². The lowest BCUT2D eigenvalue weighted by molar-refractivity contribution is -0.125. The number of nitrogens with one attached hydrogen (secondary N) is 2. The first-order chi connectivity index (χ1) is 11.5. The fourth-order valence-corrected chi connectivity index (χ4v) is 2.73. The number of halogens is 2. The highest BCUT2D eigenvalue weighted by atomic mass is 79.9. The van der Waals surface area contributed by atoms with E-state index in [9.17, 15) is 14.0 Å². The smallest absolute Gasteiger partial charge is 0.228 e. The van der Waals surface area contributed by atoms with E-state index >= 15 is 0 Å². The Balaban J connectivity index is 1.47. The average molecular weight is 391 g/mol. The molecule has 0 aromatic heterocycles. The van der Waals surface area contributed by atoms with Crippen LogP contribution in [-0.2, 0) is 16.1 Å². The monoisotopic (exact) mass is 390 g/mol. The van der Waals surface area contributed by atoms with Gasteiger partial charge < -0.3 is 10.6 Å². The Morgan fingerprint density at radius 1 is 1.00 bits per heavy atom. The summed E-state index contributed by atoms with van der Waals surface area (Å²) in [6, 6.07) is 13.2. The van der Waals surface area contributed by atoms with Crippen LogP contribution in [0.3, 0.4) is 0 Å². The molecule has 24 heavy (non-hydrogen) atoms. The Bertz CT molecular complexity index is 747. The lowest BCUT2D eigenvalue weighted by Crippen LogP contribution is -2.27. The fourth-order valence-electron chi connectivity index (χ4n) is 2.47. The van der Waals surface area contributed by atoms with Crippen LogP contribution in [0.15, 0.2) is 53.0 Å². The Hall–Kier alpha value is -2.21. The standard InChI is InChI=1S/C18H16BrFN2O2/c19-12-3-7-14(8-4-12)22-18(24)16-9-15(16)17(23)21-10-11-1-5-13(20)6-2-11/h1-8,15-16H,9-10H2,(H,21,23)(H,22,24). The van der Waals surface area contributed by atoms with Gasteiger partial charge in [-0.25, -0.2) is 4.39 Å². The zero-order valence-corrected chi connectivity index (χ0v) is 14.3. The van der Waals surface area contributed by atoms with Crippen LogP contribution in [0.4, 0.5) is 10.1 Å². The van der Waals surface area contributed by atoms with Crippen molar-refractivity contribution >= 4 is 33.4 Å². The molecule has 3 rings (SSSR count). The summed E-state index contributed by atoms with van der Waals surface area (Å²) >= 11 is 3.34. The molecule has 1 saturated carbocycles. The number of anilines is 1. The molecule has 1 aliphatic carbocycles. The molecular weight excluding hydrogens is 375 g/mol. The maximum atomic E-state index is 12.8. The van der Waals surface area contributed by atoms with Gasteiger partial charge in [-0.15, -0.1) is 0 Å². The predicted octanol–water partition coefficient (Wildman–Crippen LogP) is 3.48. The highest BCUT2D eigenvalue weighted by Gasteiger charge is 2.47. The van der Waals surface area contributed by atoms with Gasteiger partial charge in [0.15, 0.2) is 0 Å². The molecule has 2 aromatic rings. The second-order valence-electron chi connectivity index (χ2n) is 5.79. The SMILES string of the molecule is O=C(NCc1ccc(F)cc1)C1CC1C(=O)Nc1ccc(Br)cc1. The van der Waals surface area contributed by atoms with Crippen LogP contribution in [0.1, 0.15) is 12.0 Å². The summed E-state index contributed by atoms with van der Waals surface area (Å²) in [6.07, 6.45) is 0.553. The van der Waals surface area contributed by atoms with Crippen LogP contribution in [0.2, 0.25) is 0 Å². The molecule has 2 N–H and O–H groups in total. The normalized spacial score (nSPS) is 18.8. The van der Waals surface area contributed by atoms with E-state index < -0.39 is 0 Å². The molecule has 4 nitrogen and oxygen atoms in total. The van der Waals surface area contributed by atoms with Crippen molar-refractivity contribution in [3.63, 3.8) is 0 Å². The van der Waals surface area contributed by atoms with Crippen molar-refractivity contribution in [2.75, 3.05) is 5.32 Å². The van der Waals surface area contributed by atoms with E-state index in [-0.39, 0.29) is 29.5 Å². The van der Waals surface area contributed by atoms with Crippen LogP contribution in [0, 0.1) is 17.7 Å². The number of rotatable bonds is 5. The quantitative estimate of drug-likeness (QED) is 0.820. The van der Waals surface area contributed by atoms with Crippen LogP contribution in [0.5, 0.6) is 0 Å². The summed E-state index contributed by atoms with van der Waals surface area (Å²) in [5.74, 6) is -1.17. The van der Waals surface area contributed by atoms with E-state index in [2.05, 4.69) is 26.6 Å². The molecule has 124 valence electrons. The van der Waals surface area contributed by atoms with Crippen molar-refractivity contribution in [2.45, 2.75) is 13.0 Å². The van der Waals surface area contributed by atoms with Crippen molar-refractivity contribution in [1.82, 2.24) is 5.32 Å². The van der Waals surface area contributed by atoms with Crippen molar-refractivity contribution < 1.29 is 14.0 Å². The maximum Gasteiger partial charge on any atom is 0.228 e. The fraction of sp³-hybridized carbons (Fsp3) is 0.222. The van der Waals surface area contributed by atoms with Crippen molar-refractivity contribution in [3.8, 4) is 0 Å². The molecule has 1 aliphatic rings. The molecule has 0 bridgehead atoms. The Kier molecular flexibility index (Phi) is 4.94. The highest BCUT2D eigenvalue weighted by Crippen LogP contribution is 2.39. The zero-order chi connectivity index (χ0) is 17.1. The summed E-state index contributed by atoms with van der Waals surface area (Å²) in [4.78, 5) is 24.2. The summed E-state index contributed by atoms with van der Waals surface area (Å²) in [6.45, 7) is 0.330. The van der Waals surface area contributed by atoms with E-state index in [0.717, 1.165) is 10.0 Å². The van der Waals surface area contributed by atoms with E-state index in [1.165, 1.54) is 12.1 Å². The topological polar surface area (TPSA) is 58.2 Å². The Labute approximate surface area is 147 Å². The second kappa shape index (κ2) is 7.13. The van der Waals surface area contributed by atoms with Gasteiger partial charge in [0.25, 0.3) is 0 Å². The average Bonchev–Trinajstić information content (AvgIpc) is 3.37. The lowest BCUT2D eigenvalue weighted by atomic mass is 10.2. The van der Waals surface area contributed by atoms with Gasteiger partial charge in [-0.3, -0.25) is 9.59 Å². The molecular formula is C18H16BrFN2O2. The summed E-state index contributed by atoms with van der Waals surface area (Å²) in [5, 5.41) is 5.60. The molecule has 0 spiro atoms. The highest BCUT2D eigenvalue weighted by molar-refractivity contribution is 9.10. The first-order valence-corrected chi connectivity index (χ1v) is 8.41. The van der Waals surface area contributed by atoms with Gasteiger partial charge in [0, 0.05) is 16.7 Å². The van der Waals surface area contributed by atoms with E-state index in [4.69, 9.17) is 0 Å². The molecule has 0 radical (unpaired) electrons. The molecule has 0 saturated heterocycles. The zero-order valence-electron chi connectivity index (χ0n) is 12.8. The molecule has 2 amide bonds. The minimum atomic E-state index is -0.308. The van der Waals surface area contributed by atoms with Gasteiger partial charge in [0.05, 0.1) is 11.8 Å². The van der Waals surface area contributed by atoms with Gasteiger partial charge in [-0.05, 0) is 48.4 Å².